The number of benzene rings is 3. The summed E-state index contributed by atoms with van der Waals surface area (Å²) in [4.78, 5) is 35.3. The van der Waals surface area contributed by atoms with Crippen LogP contribution >= 0.6 is 0 Å². The van der Waals surface area contributed by atoms with E-state index in [1.165, 1.54) is 6.07 Å². The zero-order valence-corrected chi connectivity index (χ0v) is 31.6. The number of nitrogens with one attached hydrogen (secondary N) is 2. The van der Waals surface area contributed by atoms with Gasteiger partial charge in [0.05, 0.1) is 43.1 Å². The van der Waals surface area contributed by atoms with Crippen LogP contribution in [-0.4, -0.2) is 107 Å². The fraction of sp³-hybridized carbons (Fsp3) is 0.302. The van der Waals surface area contributed by atoms with Crippen LogP contribution in [0.4, 0.5) is 31.8 Å². The van der Waals surface area contributed by atoms with E-state index in [4.69, 9.17) is 19.4 Å². The van der Waals surface area contributed by atoms with Crippen LogP contribution < -0.4 is 20.3 Å². The fourth-order valence-corrected chi connectivity index (χ4v) is 8.30. The van der Waals surface area contributed by atoms with E-state index in [0.29, 0.717) is 52.1 Å². The molecule has 1 amide bonds. The van der Waals surface area contributed by atoms with Crippen molar-refractivity contribution in [2.45, 2.75) is 24.9 Å². The lowest BCUT2D eigenvalue weighted by Crippen LogP contribution is -2.60. The van der Waals surface area contributed by atoms with E-state index in [0.717, 1.165) is 88.8 Å². The van der Waals surface area contributed by atoms with Gasteiger partial charge in [-0.3, -0.25) is 19.0 Å². The lowest BCUT2D eigenvalue weighted by Gasteiger charge is -2.48. The highest BCUT2D eigenvalue weighted by Gasteiger charge is 2.34. The van der Waals surface area contributed by atoms with Crippen LogP contribution in [0.3, 0.4) is 0 Å². The molecule has 0 aliphatic carbocycles. The molecule has 0 bridgehead atoms. The molecule has 292 valence electrons. The first-order valence-corrected chi connectivity index (χ1v) is 19.3. The molecule has 0 spiro atoms. The number of para-hydroxylation sites is 1. The van der Waals surface area contributed by atoms with Gasteiger partial charge >= 0.3 is 0 Å². The zero-order valence-electron chi connectivity index (χ0n) is 31.6. The number of hydrogen-bond acceptors (Lipinski definition) is 10. The molecule has 3 aromatic heterocycles. The molecular weight excluding hydrogens is 729 g/mol. The number of amides is 1. The van der Waals surface area contributed by atoms with Gasteiger partial charge < -0.3 is 25.0 Å². The van der Waals surface area contributed by atoms with Crippen molar-refractivity contribution in [3.8, 4) is 28.4 Å². The Balaban J connectivity index is 0.931. The molecule has 57 heavy (non-hydrogen) atoms. The van der Waals surface area contributed by atoms with Gasteiger partial charge in [-0.2, -0.15) is 0 Å². The number of methoxy groups -OCH3 is 1. The SMILES string of the molecule is COc1cc(N2CCC(N3CCN4CCOC[C@@H]4C3)CC2)ccc1Nc1nccc(-c2c(-c3cccc(C(=O)Nc4c(F)cccc4F)c3)nc3ccccn23)n1. The van der Waals surface area contributed by atoms with E-state index in [2.05, 4.69) is 42.5 Å². The van der Waals surface area contributed by atoms with Gasteiger partial charge in [-0.25, -0.2) is 23.7 Å². The largest absolute Gasteiger partial charge is 0.494 e. The zero-order chi connectivity index (χ0) is 38.9. The van der Waals surface area contributed by atoms with Crippen LogP contribution in [0.5, 0.6) is 5.75 Å². The number of morpholine rings is 1. The Hall–Kier alpha value is -5.96. The number of carbonyl (C=O) groups excluding carboxylic acids is 1. The second kappa shape index (κ2) is 15.9. The van der Waals surface area contributed by atoms with Gasteiger partial charge in [0, 0.05) is 86.6 Å². The van der Waals surface area contributed by atoms with E-state index in [1.54, 1.807) is 37.6 Å². The summed E-state index contributed by atoms with van der Waals surface area (Å²) in [5.41, 5.74) is 4.64. The van der Waals surface area contributed by atoms with Crippen molar-refractivity contribution in [2.75, 3.05) is 75.1 Å². The third kappa shape index (κ3) is 7.51. The molecule has 1 atom stereocenters. The number of halogens is 2. The predicted molar refractivity (Wildman–Crippen MR) is 215 cm³/mol. The van der Waals surface area contributed by atoms with Crippen LogP contribution in [0, 0.1) is 11.6 Å². The number of carbonyl (C=O) groups is 1. The molecule has 0 unspecified atom stereocenters. The maximum Gasteiger partial charge on any atom is 0.255 e. The molecular formula is C43H43F2N9O3. The van der Waals surface area contributed by atoms with Crippen molar-refractivity contribution in [2.24, 2.45) is 0 Å². The molecule has 0 radical (unpaired) electrons. The normalized spacial score (nSPS) is 18.0. The van der Waals surface area contributed by atoms with E-state index in [1.807, 2.05) is 40.9 Å². The molecule has 2 N–H and O–H groups in total. The minimum atomic E-state index is -0.862. The quantitative estimate of drug-likeness (QED) is 0.164. The van der Waals surface area contributed by atoms with E-state index < -0.39 is 23.2 Å². The van der Waals surface area contributed by atoms with Crippen molar-refractivity contribution in [1.82, 2.24) is 29.2 Å². The van der Waals surface area contributed by atoms with Crippen LogP contribution in [0.1, 0.15) is 23.2 Å². The number of hydrogen-bond donors (Lipinski definition) is 2. The highest BCUT2D eigenvalue weighted by atomic mass is 19.1. The molecule has 0 saturated carbocycles. The van der Waals surface area contributed by atoms with E-state index >= 15 is 0 Å². The third-order valence-electron chi connectivity index (χ3n) is 11.3. The second-order valence-corrected chi connectivity index (χ2v) is 14.6. The van der Waals surface area contributed by atoms with Gasteiger partial charge in [-0.15, -0.1) is 0 Å². The average molecular weight is 772 g/mol. The Bertz CT molecular complexity index is 2400. The Kier molecular flexibility index (Phi) is 10.2. The van der Waals surface area contributed by atoms with Crippen LogP contribution in [0.15, 0.2) is 97.3 Å². The summed E-state index contributed by atoms with van der Waals surface area (Å²) in [5.74, 6) is -1.34. The summed E-state index contributed by atoms with van der Waals surface area (Å²) in [7, 11) is 1.66. The molecule has 6 aromatic rings. The van der Waals surface area contributed by atoms with E-state index in [-0.39, 0.29) is 5.56 Å². The topological polar surface area (TPSA) is 112 Å². The molecule has 3 fully saturated rings. The monoisotopic (exact) mass is 771 g/mol. The summed E-state index contributed by atoms with van der Waals surface area (Å²) in [6.45, 7) is 8.05. The number of anilines is 4. The van der Waals surface area contributed by atoms with Gasteiger partial charge in [0.15, 0.2) is 0 Å². The minimum Gasteiger partial charge on any atom is -0.494 e. The summed E-state index contributed by atoms with van der Waals surface area (Å²) in [6, 6.07) is 24.9. The van der Waals surface area contributed by atoms with Crippen LogP contribution in [-0.2, 0) is 4.74 Å². The smallest absolute Gasteiger partial charge is 0.255 e. The van der Waals surface area contributed by atoms with Gasteiger partial charge in [-0.1, -0.05) is 24.3 Å². The van der Waals surface area contributed by atoms with Crippen molar-refractivity contribution in [3.05, 3.63) is 115 Å². The number of piperazine rings is 1. The van der Waals surface area contributed by atoms with Crippen molar-refractivity contribution in [3.63, 3.8) is 0 Å². The molecule has 6 heterocycles. The molecule has 3 aromatic carbocycles. The van der Waals surface area contributed by atoms with Gasteiger partial charge in [-0.05, 0) is 67.4 Å². The Morgan fingerprint density at radius 2 is 1.68 bits per heavy atom. The summed E-state index contributed by atoms with van der Waals surface area (Å²) in [5, 5.41) is 5.73. The predicted octanol–water partition coefficient (Wildman–Crippen LogP) is 6.73. The van der Waals surface area contributed by atoms with Crippen LogP contribution in [0.25, 0.3) is 28.3 Å². The highest BCUT2D eigenvalue weighted by molar-refractivity contribution is 6.05. The number of nitrogens with zero attached hydrogens (tertiary/aromatic N) is 7. The lowest BCUT2D eigenvalue weighted by atomic mass is 9.99. The van der Waals surface area contributed by atoms with E-state index in [9.17, 15) is 13.6 Å². The number of pyridine rings is 1. The maximum atomic E-state index is 14.3. The van der Waals surface area contributed by atoms with Crippen molar-refractivity contribution >= 4 is 34.6 Å². The first-order valence-electron chi connectivity index (χ1n) is 19.3. The van der Waals surface area contributed by atoms with Gasteiger partial charge in [0.1, 0.15) is 28.7 Å². The van der Waals surface area contributed by atoms with Gasteiger partial charge in [0.2, 0.25) is 5.95 Å². The Morgan fingerprint density at radius 1 is 0.860 bits per heavy atom. The molecule has 12 nitrogen and oxygen atoms in total. The number of rotatable bonds is 9. The summed E-state index contributed by atoms with van der Waals surface area (Å²) >= 11 is 0. The van der Waals surface area contributed by atoms with Crippen molar-refractivity contribution < 1.29 is 23.0 Å². The second-order valence-electron chi connectivity index (χ2n) is 14.6. The molecule has 14 heteroatoms. The van der Waals surface area contributed by atoms with Crippen molar-refractivity contribution in [1.29, 1.82) is 0 Å². The molecule has 3 aliphatic heterocycles. The lowest BCUT2D eigenvalue weighted by molar-refractivity contribution is -0.0548. The molecule has 9 rings (SSSR count). The molecule has 3 aliphatic rings. The average Bonchev–Trinajstić information content (AvgIpc) is 3.65. The number of ether oxygens (including phenoxy) is 2. The Labute approximate surface area is 329 Å². The minimum absolute atomic E-state index is 0.205. The Morgan fingerprint density at radius 3 is 2.53 bits per heavy atom. The summed E-state index contributed by atoms with van der Waals surface area (Å²) < 4.78 is 42.3. The number of aromatic nitrogens is 4. The van der Waals surface area contributed by atoms with Gasteiger partial charge in [0.25, 0.3) is 5.91 Å². The maximum absolute atomic E-state index is 14.3. The number of fused-ring (bicyclic) bond motifs is 2. The number of piperidine rings is 1. The number of imidazole rings is 1. The highest BCUT2D eigenvalue weighted by Crippen LogP contribution is 2.36. The first-order chi connectivity index (χ1) is 27.9. The third-order valence-corrected chi connectivity index (χ3v) is 11.3. The fourth-order valence-electron chi connectivity index (χ4n) is 8.30. The van der Waals surface area contributed by atoms with Crippen LogP contribution in [0.2, 0.25) is 0 Å². The molecule has 3 saturated heterocycles. The first kappa shape index (κ1) is 36.7. The summed E-state index contributed by atoms with van der Waals surface area (Å²) in [6.07, 6.45) is 5.81. The standard InChI is InChI=1S/C43H43F2N9O3/c1-56-37-25-31(51-18-14-30(15-19-51)53-21-20-52-22-23-57-27-32(52)26-53)11-12-35(37)47-43-46-16-13-36(48-43)41-39(49-38-10-2-3-17-54(38)41)28-6-4-7-29(24-28)42(55)50-40-33(44)8-5-9-34(40)45/h2-13,16-17,24-25,30,32H,14-15,18-23,26-27H2,1H3,(H,50,55)(H,46,47,48)/t32-/m0/s1.